The molecule has 1 aliphatic heterocycles. The zero-order valence-electron chi connectivity index (χ0n) is 14.6. The van der Waals surface area contributed by atoms with Crippen LogP contribution in [0.1, 0.15) is 40.5 Å². The number of ether oxygens (including phenoxy) is 1. The van der Waals surface area contributed by atoms with Gasteiger partial charge in [0, 0.05) is 20.0 Å². The van der Waals surface area contributed by atoms with E-state index in [2.05, 4.69) is 49.8 Å². The summed E-state index contributed by atoms with van der Waals surface area (Å²) < 4.78 is 11.5. The number of piperidine rings is 1. The van der Waals surface area contributed by atoms with Crippen molar-refractivity contribution in [2.24, 2.45) is 0 Å². The van der Waals surface area contributed by atoms with E-state index >= 15 is 0 Å². The highest BCUT2D eigenvalue weighted by atomic mass is 79.9. The first-order valence-corrected chi connectivity index (χ1v) is 11.8. The molecular weight excluding hydrogens is 366 g/mol. The SMILES string of the molecule is CC(C)(C)[Si](C)(C)OC1CCCN(C(=O)O[C@@](C)(O)CBr)C1. The van der Waals surface area contributed by atoms with Gasteiger partial charge in [-0.15, -0.1) is 0 Å². The van der Waals surface area contributed by atoms with Crippen molar-refractivity contribution in [1.29, 1.82) is 0 Å². The fraction of sp³-hybridized carbons (Fsp3) is 0.933. The molecule has 1 saturated heterocycles. The zero-order valence-corrected chi connectivity index (χ0v) is 17.2. The van der Waals surface area contributed by atoms with Crippen LogP contribution in [-0.4, -0.2) is 54.7 Å². The van der Waals surface area contributed by atoms with Gasteiger partial charge < -0.3 is 19.2 Å². The molecule has 1 aliphatic rings. The molecule has 2 atom stereocenters. The van der Waals surface area contributed by atoms with Gasteiger partial charge in [-0.25, -0.2) is 4.79 Å². The average molecular weight is 396 g/mol. The molecule has 0 spiro atoms. The third-order valence-corrected chi connectivity index (χ3v) is 10.0. The fourth-order valence-electron chi connectivity index (χ4n) is 2.07. The maximum absolute atomic E-state index is 12.2. The monoisotopic (exact) mass is 395 g/mol. The summed E-state index contributed by atoms with van der Waals surface area (Å²) in [6.45, 7) is 13.7. The van der Waals surface area contributed by atoms with Crippen LogP contribution in [-0.2, 0) is 9.16 Å². The molecular formula is C15H30BrNO4Si. The molecule has 1 rings (SSSR count). The number of carbonyl (C=O) groups is 1. The van der Waals surface area contributed by atoms with Gasteiger partial charge in [0.05, 0.1) is 11.4 Å². The Morgan fingerprint density at radius 1 is 1.36 bits per heavy atom. The highest BCUT2D eigenvalue weighted by Crippen LogP contribution is 2.38. The smallest absolute Gasteiger partial charge is 0.412 e. The highest BCUT2D eigenvalue weighted by Gasteiger charge is 2.40. The van der Waals surface area contributed by atoms with E-state index in [1.54, 1.807) is 4.90 Å². The summed E-state index contributed by atoms with van der Waals surface area (Å²) in [6.07, 6.45) is 1.43. The van der Waals surface area contributed by atoms with Gasteiger partial charge in [-0.3, -0.25) is 0 Å². The Morgan fingerprint density at radius 3 is 2.45 bits per heavy atom. The predicted octanol–water partition coefficient (Wildman–Crippen LogP) is 3.71. The van der Waals surface area contributed by atoms with E-state index in [0.717, 1.165) is 12.8 Å². The summed E-state index contributed by atoms with van der Waals surface area (Å²) in [7, 11) is -1.85. The predicted molar refractivity (Wildman–Crippen MR) is 93.8 cm³/mol. The van der Waals surface area contributed by atoms with Crippen LogP contribution in [0.4, 0.5) is 4.79 Å². The van der Waals surface area contributed by atoms with Crippen LogP contribution in [0.25, 0.3) is 0 Å². The summed E-state index contributed by atoms with van der Waals surface area (Å²) in [6, 6.07) is 0. The summed E-state index contributed by atoms with van der Waals surface area (Å²) >= 11 is 3.13. The van der Waals surface area contributed by atoms with Gasteiger partial charge in [0.2, 0.25) is 5.79 Å². The molecule has 130 valence electrons. The van der Waals surface area contributed by atoms with E-state index in [-0.39, 0.29) is 16.5 Å². The molecule has 1 heterocycles. The summed E-state index contributed by atoms with van der Waals surface area (Å²) in [4.78, 5) is 13.8. The lowest BCUT2D eigenvalue weighted by molar-refractivity contribution is -0.136. The van der Waals surface area contributed by atoms with Crippen molar-refractivity contribution in [3.05, 3.63) is 0 Å². The second-order valence-corrected chi connectivity index (χ2v) is 13.1. The molecule has 1 unspecified atom stereocenters. The molecule has 0 aromatic rings. The first-order valence-electron chi connectivity index (χ1n) is 7.82. The molecule has 5 nitrogen and oxygen atoms in total. The summed E-state index contributed by atoms with van der Waals surface area (Å²) in [5.74, 6) is -1.48. The minimum atomic E-state index is -1.85. The van der Waals surface area contributed by atoms with Crippen molar-refractivity contribution in [2.45, 2.75) is 70.6 Å². The maximum atomic E-state index is 12.2. The van der Waals surface area contributed by atoms with E-state index < -0.39 is 20.2 Å². The second kappa shape index (κ2) is 7.19. The largest absolute Gasteiger partial charge is 0.416 e. The number of alkyl halides is 1. The number of nitrogens with zero attached hydrogens (tertiary/aromatic N) is 1. The molecule has 22 heavy (non-hydrogen) atoms. The van der Waals surface area contributed by atoms with Gasteiger partial charge in [0.1, 0.15) is 0 Å². The molecule has 7 heteroatoms. The third-order valence-electron chi connectivity index (χ3n) is 4.46. The average Bonchev–Trinajstić information content (AvgIpc) is 2.36. The van der Waals surface area contributed by atoms with Crippen molar-refractivity contribution < 1.29 is 19.1 Å². The van der Waals surface area contributed by atoms with Crippen molar-refractivity contribution in [3.63, 3.8) is 0 Å². The van der Waals surface area contributed by atoms with Crippen LogP contribution >= 0.6 is 15.9 Å². The molecule has 0 bridgehead atoms. The Labute approximate surface area is 143 Å². The Bertz CT molecular complexity index is 395. The van der Waals surface area contributed by atoms with E-state index in [1.807, 2.05) is 0 Å². The maximum Gasteiger partial charge on any atom is 0.412 e. The second-order valence-electron chi connectivity index (χ2n) is 7.77. The Hall–Kier alpha value is -0.113. The number of amides is 1. The third kappa shape index (κ3) is 5.51. The molecule has 0 aromatic heterocycles. The Balaban J connectivity index is 2.64. The highest BCUT2D eigenvalue weighted by molar-refractivity contribution is 9.09. The number of rotatable bonds is 4. The number of likely N-dealkylation sites (tertiary alicyclic amines) is 1. The van der Waals surface area contributed by atoms with Gasteiger partial charge in [-0.05, 0) is 31.0 Å². The van der Waals surface area contributed by atoms with Gasteiger partial charge in [0.25, 0.3) is 0 Å². The van der Waals surface area contributed by atoms with Gasteiger partial charge in [0.15, 0.2) is 8.32 Å². The molecule has 0 aromatic carbocycles. The van der Waals surface area contributed by atoms with Gasteiger partial charge in [-0.2, -0.15) is 0 Å². The summed E-state index contributed by atoms with van der Waals surface area (Å²) in [5.41, 5.74) is 0. The Morgan fingerprint density at radius 2 is 1.95 bits per heavy atom. The number of hydrogen-bond acceptors (Lipinski definition) is 4. The van der Waals surface area contributed by atoms with Crippen molar-refractivity contribution in [1.82, 2.24) is 4.90 Å². The van der Waals surface area contributed by atoms with Crippen LogP contribution in [0, 0.1) is 0 Å². The van der Waals surface area contributed by atoms with Gasteiger partial charge >= 0.3 is 6.09 Å². The number of hydrogen-bond donors (Lipinski definition) is 1. The molecule has 1 fully saturated rings. The van der Waals surface area contributed by atoms with Crippen LogP contribution in [0.5, 0.6) is 0 Å². The van der Waals surface area contributed by atoms with Crippen molar-refractivity contribution in [2.75, 3.05) is 18.4 Å². The van der Waals surface area contributed by atoms with Crippen LogP contribution in [0.2, 0.25) is 18.1 Å². The molecule has 1 amide bonds. The lowest BCUT2D eigenvalue weighted by atomic mass is 10.1. The lowest BCUT2D eigenvalue weighted by Gasteiger charge is -2.42. The first kappa shape index (κ1) is 19.9. The van der Waals surface area contributed by atoms with E-state index in [1.165, 1.54) is 6.92 Å². The molecule has 0 saturated carbocycles. The molecule has 1 N–H and O–H groups in total. The quantitative estimate of drug-likeness (QED) is 0.447. The minimum absolute atomic E-state index is 0.0520. The van der Waals surface area contributed by atoms with Crippen LogP contribution in [0.3, 0.4) is 0 Å². The van der Waals surface area contributed by atoms with Crippen LogP contribution < -0.4 is 0 Å². The van der Waals surface area contributed by atoms with Crippen molar-refractivity contribution in [3.8, 4) is 0 Å². The molecule has 0 aliphatic carbocycles. The van der Waals surface area contributed by atoms with E-state index in [4.69, 9.17) is 9.16 Å². The first-order chi connectivity index (χ1) is 9.88. The zero-order chi connectivity index (χ0) is 17.2. The van der Waals surface area contributed by atoms with Gasteiger partial charge in [-0.1, -0.05) is 36.7 Å². The molecule has 0 radical (unpaired) electrons. The topological polar surface area (TPSA) is 59.0 Å². The number of aliphatic hydroxyl groups is 1. The van der Waals surface area contributed by atoms with Crippen molar-refractivity contribution >= 4 is 30.3 Å². The van der Waals surface area contributed by atoms with Crippen LogP contribution in [0.15, 0.2) is 0 Å². The minimum Gasteiger partial charge on any atom is -0.416 e. The number of halogens is 1. The fourth-order valence-corrected chi connectivity index (χ4v) is 3.57. The Kier molecular flexibility index (Phi) is 6.52. The number of carbonyl (C=O) groups excluding carboxylic acids is 1. The summed E-state index contributed by atoms with van der Waals surface area (Å²) in [5, 5.41) is 10.2. The van der Waals surface area contributed by atoms with E-state index in [0.29, 0.717) is 13.1 Å². The normalized spacial score (nSPS) is 23.1. The lowest BCUT2D eigenvalue weighted by Crippen LogP contribution is -2.51. The standard InChI is InChI=1S/C15H30BrNO4Si/c1-14(2,3)22(5,6)21-12-8-7-9-17(10-12)13(18)20-15(4,19)11-16/h12,19H,7-11H2,1-6H3/t12?,15-/m1/s1. The van der Waals surface area contributed by atoms with E-state index in [9.17, 15) is 9.90 Å².